The Morgan fingerprint density at radius 1 is 0.615 bits per heavy atom. The largest absolute Gasteiger partial charge is 0.509 e. The van der Waals surface area contributed by atoms with Crippen LogP contribution in [0.4, 0.5) is 11.4 Å². The summed E-state index contributed by atoms with van der Waals surface area (Å²) < 4.78 is 10.9. The van der Waals surface area contributed by atoms with Gasteiger partial charge in [-0.25, -0.2) is 4.98 Å². The summed E-state index contributed by atoms with van der Waals surface area (Å²) in [7, 11) is 2.11. The number of nitrogens with zero attached hydrogens (tertiary/aromatic N) is 5. The monoisotopic (exact) mass is 851 g/mol. The molecule has 52 heavy (non-hydrogen) atoms. The number of ether oxygens (including phenoxy) is 1. The van der Waals surface area contributed by atoms with Crippen molar-refractivity contribution in [3.63, 3.8) is 0 Å². The molecule has 6 nitrogen and oxygen atoms in total. The van der Waals surface area contributed by atoms with E-state index in [0.717, 1.165) is 61.2 Å². The van der Waals surface area contributed by atoms with E-state index in [4.69, 9.17) is 9.72 Å². The minimum Gasteiger partial charge on any atom is -0.509 e. The maximum Gasteiger partial charge on any atom is 0.137 e. The van der Waals surface area contributed by atoms with Gasteiger partial charge in [0.1, 0.15) is 5.82 Å². The molecule has 0 saturated carbocycles. The second-order valence-electron chi connectivity index (χ2n) is 12.7. The van der Waals surface area contributed by atoms with Crippen LogP contribution in [-0.2, 0) is 28.1 Å². The Kier molecular flexibility index (Phi) is 7.90. The van der Waals surface area contributed by atoms with Gasteiger partial charge in [-0.05, 0) is 41.4 Å². The molecule has 9 aromatic rings. The molecule has 0 fully saturated rings. The van der Waals surface area contributed by atoms with Gasteiger partial charge >= 0.3 is 0 Å². The topological polar surface area (TPSA) is 38.5 Å². The normalized spacial score (nSPS) is 12.9. The number of hydrogen-bond acceptors (Lipinski definition) is 4. The Labute approximate surface area is 315 Å². The molecule has 0 N–H and O–H groups in total. The van der Waals surface area contributed by atoms with Crippen LogP contribution in [0.1, 0.15) is 5.56 Å². The molecule has 0 saturated heterocycles. The van der Waals surface area contributed by atoms with E-state index >= 15 is 0 Å². The first-order valence-corrected chi connectivity index (χ1v) is 16.9. The van der Waals surface area contributed by atoms with Crippen molar-refractivity contribution in [3.8, 4) is 17.3 Å². The van der Waals surface area contributed by atoms with E-state index < -0.39 is 0 Å². The minimum absolute atomic E-state index is 0. The van der Waals surface area contributed by atoms with Gasteiger partial charge in [0.05, 0.1) is 5.52 Å². The van der Waals surface area contributed by atoms with E-state index in [1.807, 2.05) is 42.6 Å². The number of para-hydroxylation sites is 3. The quantitative estimate of drug-likeness (QED) is 0.156. The Balaban J connectivity index is 0.00000360. The van der Waals surface area contributed by atoms with Crippen LogP contribution in [0.5, 0.6) is 11.5 Å². The summed E-state index contributed by atoms with van der Waals surface area (Å²) in [6.07, 6.45) is 4.12. The number of rotatable bonds is 6. The molecule has 0 spiro atoms. The number of anilines is 2. The standard InChI is InChI=1S/C45H30N5O.Pt/c1-47-40-21-10-8-20-37(40)39-28-46-45(27-42(39)47)50-41-22-11-9-19-36(41)38-24-23-35(26-43(38)50)51-34-18-12-17-33(25-34)48-29-44(31-13-4-2-5-14-31)49(30-48)32-15-6-3-7-16-32;/h2-24,27-30H,1H3;/q-3;. The van der Waals surface area contributed by atoms with Crippen molar-refractivity contribution < 1.29 is 25.8 Å². The van der Waals surface area contributed by atoms with Crippen molar-refractivity contribution in [2.75, 3.05) is 9.80 Å². The SMILES string of the molecule is Cn1c2ccccc2c2cnc(-n3c4[c-]c(Oc5[c-]c(N6C=C(c7ccccc7)N(c7ccccc7)[CH-]6)ccc5)ccc4c4ccccc43)cc21.[Pt]. The third-order valence-corrected chi connectivity index (χ3v) is 9.69. The van der Waals surface area contributed by atoms with Gasteiger partial charge in [-0.1, -0.05) is 90.4 Å². The van der Waals surface area contributed by atoms with Gasteiger partial charge in [-0.15, -0.1) is 48.1 Å². The molecule has 7 heteroatoms. The van der Waals surface area contributed by atoms with Gasteiger partial charge in [0.25, 0.3) is 0 Å². The van der Waals surface area contributed by atoms with Crippen LogP contribution in [0.15, 0.2) is 158 Å². The second-order valence-corrected chi connectivity index (χ2v) is 12.7. The summed E-state index contributed by atoms with van der Waals surface area (Å²) in [5, 5.41) is 4.55. The molecule has 0 radical (unpaired) electrons. The first kappa shape index (κ1) is 31.8. The van der Waals surface area contributed by atoms with Crippen LogP contribution >= 0.6 is 0 Å². The Bertz CT molecular complexity index is 2790. The fraction of sp³-hybridized carbons (Fsp3) is 0.0222. The molecular weight excluding hydrogens is 822 g/mol. The number of pyridine rings is 1. The van der Waals surface area contributed by atoms with Crippen LogP contribution < -0.4 is 14.5 Å². The molecule has 4 heterocycles. The molecule has 1 aliphatic heterocycles. The van der Waals surface area contributed by atoms with Gasteiger partial charge < -0.3 is 23.7 Å². The summed E-state index contributed by atoms with van der Waals surface area (Å²) in [6, 6.07) is 57.0. The fourth-order valence-electron chi connectivity index (χ4n) is 7.26. The van der Waals surface area contributed by atoms with Crippen LogP contribution in [-0.4, -0.2) is 14.1 Å². The van der Waals surface area contributed by atoms with Crippen molar-refractivity contribution in [2.24, 2.45) is 7.05 Å². The molecule has 0 amide bonds. The summed E-state index contributed by atoms with van der Waals surface area (Å²) >= 11 is 0. The van der Waals surface area contributed by atoms with Gasteiger partial charge in [0.2, 0.25) is 0 Å². The van der Waals surface area contributed by atoms with Gasteiger partial charge in [0, 0.05) is 85.1 Å². The molecule has 0 atom stereocenters. The maximum atomic E-state index is 6.50. The molecule has 0 bridgehead atoms. The van der Waals surface area contributed by atoms with E-state index in [-0.39, 0.29) is 21.1 Å². The Morgan fingerprint density at radius 2 is 1.31 bits per heavy atom. The Hall–Kier alpha value is -6.10. The van der Waals surface area contributed by atoms with E-state index in [0.29, 0.717) is 11.5 Å². The first-order chi connectivity index (χ1) is 25.2. The van der Waals surface area contributed by atoms with Crippen LogP contribution in [0.2, 0.25) is 0 Å². The van der Waals surface area contributed by atoms with Crippen LogP contribution in [0.3, 0.4) is 0 Å². The molecule has 254 valence electrons. The van der Waals surface area contributed by atoms with Crippen molar-refractivity contribution in [1.82, 2.24) is 14.1 Å². The number of hydrogen-bond donors (Lipinski definition) is 0. The first-order valence-electron chi connectivity index (χ1n) is 16.9. The van der Waals surface area contributed by atoms with E-state index in [2.05, 4.69) is 160 Å². The van der Waals surface area contributed by atoms with E-state index in [1.165, 1.54) is 10.9 Å². The zero-order valence-corrected chi connectivity index (χ0v) is 30.3. The number of fused-ring (bicyclic) bond motifs is 6. The molecule has 6 aromatic carbocycles. The van der Waals surface area contributed by atoms with Crippen molar-refractivity contribution in [1.29, 1.82) is 0 Å². The molecule has 0 aliphatic carbocycles. The minimum atomic E-state index is 0. The zero-order valence-electron chi connectivity index (χ0n) is 28.0. The number of benzene rings is 6. The van der Waals surface area contributed by atoms with Gasteiger partial charge in [0.15, 0.2) is 0 Å². The molecule has 10 rings (SSSR count). The van der Waals surface area contributed by atoms with E-state index in [1.54, 1.807) is 0 Å². The third-order valence-electron chi connectivity index (χ3n) is 9.69. The summed E-state index contributed by atoms with van der Waals surface area (Å²) in [5.41, 5.74) is 8.41. The van der Waals surface area contributed by atoms with Crippen LogP contribution in [0.25, 0.3) is 55.1 Å². The third kappa shape index (κ3) is 5.26. The maximum absolute atomic E-state index is 6.50. The average Bonchev–Trinajstić information content (AvgIpc) is 3.86. The van der Waals surface area contributed by atoms with Gasteiger partial charge in [-0.3, -0.25) is 0 Å². The predicted octanol–water partition coefficient (Wildman–Crippen LogP) is 10.7. The van der Waals surface area contributed by atoms with Crippen LogP contribution in [0, 0.1) is 18.8 Å². The predicted molar refractivity (Wildman–Crippen MR) is 207 cm³/mol. The average molecular weight is 852 g/mol. The summed E-state index contributed by atoms with van der Waals surface area (Å²) in [5.74, 6) is 2.03. The number of aryl methyl sites for hydroxylation is 1. The zero-order chi connectivity index (χ0) is 33.9. The molecule has 0 unspecified atom stereocenters. The molecular formula is C45H30N5OPt-3. The molecule has 3 aromatic heterocycles. The number of aromatic nitrogens is 3. The molecule has 1 aliphatic rings. The second kappa shape index (κ2) is 12.9. The van der Waals surface area contributed by atoms with Crippen molar-refractivity contribution >= 4 is 60.7 Å². The van der Waals surface area contributed by atoms with Gasteiger partial charge in [-0.2, -0.15) is 12.1 Å². The summed E-state index contributed by atoms with van der Waals surface area (Å²) in [4.78, 5) is 9.28. The van der Waals surface area contributed by atoms with E-state index in [9.17, 15) is 0 Å². The smallest absolute Gasteiger partial charge is 0.137 e. The fourth-order valence-corrected chi connectivity index (χ4v) is 7.26. The van der Waals surface area contributed by atoms with Crippen molar-refractivity contribution in [3.05, 3.63) is 182 Å². The summed E-state index contributed by atoms with van der Waals surface area (Å²) in [6.45, 7) is 2.09. The Morgan fingerprint density at radius 3 is 2.12 bits per heavy atom. The van der Waals surface area contributed by atoms with Crippen molar-refractivity contribution in [2.45, 2.75) is 0 Å².